The van der Waals surface area contributed by atoms with Crippen molar-refractivity contribution in [2.45, 2.75) is 13.0 Å². The van der Waals surface area contributed by atoms with Crippen molar-refractivity contribution in [1.82, 2.24) is 0 Å². The minimum Gasteiger partial charge on any atom is -0.308 e. The number of hydrogen-bond donors (Lipinski definition) is 1. The smallest absolute Gasteiger partial charge is 0.0722 e. The summed E-state index contributed by atoms with van der Waals surface area (Å²) in [6.07, 6.45) is 1.19. The maximum absolute atomic E-state index is 6.73. The van der Waals surface area contributed by atoms with E-state index in [-0.39, 0.29) is 6.04 Å². The molecule has 0 aliphatic carbocycles. The number of aliphatic imine (C=N–C) groups is 1. The normalized spacial score (nSPS) is 12.1. The molecule has 0 saturated heterocycles. The molecule has 44 valence electrons. The average Bonchev–Trinajstić information content (AvgIpc) is 1.84. The highest BCUT2D eigenvalue weighted by Gasteiger charge is 1.96. The Morgan fingerprint density at radius 3 is 2.50 bits per heavy atom. The first-order valence-electron chi connectivity index (χ1n) is 2.37. The average molecular weight is 110 g/mol. The maximum atomic E-state index is 6.73. The van der Waals surface area contributed by atoms with E-state index < -0.39 is 0 Å². The first-order chi connectivity index (χ1) is 3.72. The molecule has 0 aliphatic heterocycles. The highest BCUT2D eigenvalue weighted by Crippen LogP contribution is 1.97. The van der Waals surface area contributed by atoms with E-state index in [9.17, 15) is 0 Å². The van der Waals surface area contributed by atoms with Crippen LogP contribution in [0.4, 0.5) is 0 Å². The zero-order valence-electron chi connectivity index (χ0n) is 5.02. The van der Waals surface area contributed by atoms with Gasteiger partial charge < -0.3 is 5.41 Å². The number of nitrogens with one attached hydrogen (secondary N) is 1. The van der Waals surface area contributed by atoms with Crippen LogP contribution < -0.4 is 0 Å². The van der Waals surface area contributed by atoms with Crippen LogP contribution in [0.15, 0.2) is 17.1 Å². The zero-order chi connectivity index (χ0) is 6.57. The van der Waals surface area contributed by atoms with E-state index >= 15 is 0 Å². The molecule has 8 heavy (non-hydrogen) atoms. The lowest BCUT2D eigenvalue weighted by Gasteiger charge is -2.00. The molecule has 0 amide bonds. The number of rotatable bonds is 3. The predicted octanol–water partition coefficient (Wildman–Crippen LogP) is 1.28. The summed E-state index contributed by atoms with van der Waals surface area (Å²) >= 11 is 0. The third-order valence-electron chi connectivity index (χ3n) is 0.996. The lowest BCUT2D eigenvalue weighted by molar-refractivity contribution is 0.914. The van der Waals surface area contributed by atoms with Gasteiger partial charge in [0, 0.05) is 6.21 Å². The highest BCUT2D eigenvalue weighted by molar-refractivity contribution is 5.76. The van der Waals surface area contributed by atoms with Gasteiger partial charge in [0.25, 0.3) is 0 Å². The van der Waals surface area contributed by atoms with Crippen molar-refractivity contribution >= 4 is 12.9 Å². The van der Waals surface area contributed by atoms with E-state index in [4.69, 9.17) is 5.41 Å². The Morgan fingerprint density at radius 2 is 2.38 bits per heavy atom. The second-order valence-corrected chi connectivity index (χ2v) is 1.58. The lowest BCUT2D eigenvalue weighted by Crippen LogP contribution is -2.00. The van der Waals surface area contributed by atoms with E-state index in [2.05, 4.69) is 18.3 Å². The van der Waals surface area contributed by atoms with E-state index in [1.165, 1.54) is 6.21 Å². The van der Waals surface area contributed by atoms with Crippen LogP contribution in [0.25, 0.3) is 0 Å². The largest absolute Gasteiger partial charge is 0.308 e. The molecule has 0 aromatic heterocycles. The van der Waals surface area contributed by atoms with E-state index in [0.717, 1.165) is 0 Å². The molecule has 0 aliphatic rings. The zero-order valence-corrected chi connectivity index (χ0v) is 5.02. The molecule has 2 nitrogen and oxygen atoms in total. The molecule has 0 fully saturated rings. The molecule has 0 rings (SSSR count). The molecule has 1 N–H and O–H groups in total. The van der Waals surface area contributed by atoms with Gasteiger partial charge in [0.1, 0.15) is 0 Å². The minimum absolute atomic E-state index is 0.00694. The van der Waals surface area contributed by atoms with Gasteiger partial charge in [-0.15, -0.1) is 0 Å². The van der Waals surface area contributed by atoms with Gasteiger partial charge in [-0.25, -0.2) is 0 Å². The fraction of sp³-hybridized carbons (Fsp3) is 0.333. The summed E-state index contributed by atoms with van der Waals surface area (Å²) in [5.41, 5.74) is 0.694. The van der Waals surface area contributed by atoms with Crippen LogP contribution in [0.3, 0.4) is 0 Å². The van der Waals surface area contributed by atoms with Gasteiger partial charge in [-0.3, -0.25) is 4.99 Å². The van der Waals surface area contributed by atoms with Crippen molar-refractivity contribution < 1.29 is 0 Å². The molecular formula is C6H10N2. The van der Waals surface area contributed by atoms with Crippen molar-refractivity contribution in [3.8, 4) is 0 Å². The van der Waals surface area contributed by atoms with Crippen molar-refractivity contribution in [3.05, 3.63) is 12.2 Å². The van der Waals surface area contributed by atoms with Gasteiger partial charge in [-0.05, 0) is 19.2 Å². The summed E-state index contributed by atoms with van der Waals surface area (Å²) in [7, 11) is 0. The van der Waals surface area contributed by atoms with Gasteiger partial charge in [0.15, 0.2) is 0 Å². The third-order valence-corrected chi connectivity index (χ3v) is 0.996. The van der Waals surface area contributed by atoms with E-state index in [1.807, 2.05) is 6.92 Å². The van der Waals surface area contributed by atoms with Gasteiger partial charge in [-0.1, -0.05) is 6.58 Å². The van der Waals surface area contributed by atoms with Crippen LogP contribution >= 0.6 is 0 Å². The Balaban J connectivity index is 3.80. The van der Waals surface area contributed by atoms with Crippen molar-refractivity contribution in [2.75, 3.05) is 0 Å². The Morgan fingerprint density at radius 1 is 1.88 bits per heavy atom. The third kappa shape index (κ3) is 1.69. The van der Waals surface area contributed by atoms with Gasteiger partial charge in [-0.2, -0.15) is 0 Å². The molecule has 0 saturated carbocycles. The summed E-state index contributed by atoms with van der Waals surface area (Å²) in [6.45, 7) is 8.73. The standard InChI is InChI=1S/C6H10N2/c1-5(4-7)6(2)8-3/h4,6-7H,1,3H2,2H3. The molecule has 1 unspecified atom stereocenters. The topological polar surface area (TPSA) is 36.2 Å². The molecule has 0 aromatic rings. The first kappa shape index (κ1) is 7.08. The molecule has 0 heterocycles. The summed E-state index contributed by atoms with van der Waals surface area (Å²) < 4.78 is 0. The fourth-order valence-electron chi connectivity index (χ4n) is 0.238. The monoisotopic (exact) mass is 110 g/mol. The molecule has 0 aromatic carbocycles. The van der Waals surface area contributed by atoms with E-state index in [1.54, 1.807) is 0 Å². The second kappa shape index (κ2) is 3.13. The Bertz CT molecular complexity index is 116. The molecule has 0 spiro atoms. The van der Waals surface area contributed by atoms with Crippen LogP contribution in [0.2, 0.25) is 0 Å². The number of nitrogens with zero attached hydrogens (tertiary/aromatic N) is 1. The number of hydrogen-bond acceptors (Lipinski definition) is 2. The fourth-order valence-corrected chi connectivity index (χ4v) is 0.238. The maximum Gasteiger partial charge on any atom is 0.0722 e. The summed E-state index contributed by atoms with van der Waals surface area (Å²) in [5.74, 6) is 0. The van der Waals surface area contributed by atoms with Gasteiger partial charge >= 0.3 is 0 Å². The first-order valence-corrected chi connectivity index (χ1v) is 2.37. The highest BCUT2D eigenvalue weighted by atomic mass is 14.7. The van der Waals surface area contributed by atoms with Crippen LogP contribution in [-0.2, 0) is 0 Å². The molecule has 0 bridgehead atoms. The Hall–Kier alpha value is -0.920. The van der Waals surface area contributed by atoms with Crippen LogP contribution in [-0.4, -0.2) is 19.0 Å². The van der Waals surface area contributed by atoms with Crippen LogP contribution in [0, 0.1) is 5.41 Å². The summed E-state index contributed by atoms with van der Waals surface area (Å²) in [5, 5.41) is 6.73. The minimum atomic E-state index is -0.00694. The summed E-state index contributed by atoms with van der Waals surface area (Å²) in [6, 6.07) is -0.00694. The molecular weight excluding hydrogens is 100 g/mol. The quantitative estimate of drug-likeness (QED) is 0.531. The Labute approximate surface area is 49.5 Å². The Kier molecular flexibility index (Phi) is 2.77. The van der Waals surface area contributed by atoms with Gasteiger partial charge in [0.2, 0.25) is 0 Å². The molecule has 1 atom stereocenters. The van der Waals surface area contributed by atoms with Gasteiger partial charge in [0.05, 0.1) is 6.04 Å². The van der Waals surface area contributed by atoms with Crippen molar-refractivity contribution in [1.29, 1.82) is 5.41 Å². The van der Waals surface area contributed by atoms with Crippen LogP contribution in [0.5, 0.6) is 0 Å². The second-order valence-electron chi connectivity index (χ2n) is 1.58. The van der Waals surface area contributed by atoms with Crippen molar-refractivity contribution in [2.24, 2.45) is 4.99 Å². The van der Waals surface area contributed by atoms with E-state index in [0.29, 0.717) is 5.57 Å². The lowest BCUT2D eigenvalue weighted by atomic mass is 10.2. The molecule has 0 radical (unpaired) electrons. The summed E-state index contributed by atoms with van der Waals surface area (Å²) in [4.78, 5) is 3.66. The SMILES string of the molecule is C=NC(C)C(=C)C=N. The van der Waals surface area contributed by atoms with Crippen LogP contribution in [0.1, 0.15) is 6.92 Å². The molecule has 2 heteroatoms. The predicted molar refractivity (Wildman–Crippen MR) is 36.9 cm³/mol. The van der Waals surface area contributed by atoms with Crippen molar-refractivity contribution in [3.63, 3.8) is 0 Å².